The van der Waals surface area contributed by atoms with Gasteiger partial charge in [0.25, 0.3) is 0 Å². The number of aromatic nitrogens is 1. The molecular formula is C15H13NO2. The molecule has 3 heteroatoms. The van der Waals surface area contributed by atoms with Crippen molar-refractivity contribution in [3.05, 3.63) is 60.0 Å². The van der Waals surface area contributed by atoms with E-state index in [9.17, 15) is 0 Å². The number of fused-ring (bicyclic) bond motifs is 1. The van der Waals surface area contributed by atoms with Crippen LogP contribution in [0.4, 0.5) is 0 Å². The standard InChI is InChI=1S/C15H13NO2/c1-11-6-8-12(9-7-11)17-10-15-16-13-4-2-3-5-14(13)18-15/h2-9H,10H2,1H3. The van der Waals surface area contributed by atoms with E-state index in [1.165, 1.54) is 5.56 Å². The van der Waals surface area contributed by atoms with Crippen molar-refractivity contribution in [3.63, 3.8) is 0 Å². The fraction of sp³-hybridized carbons (Fsp3) is 0.133. The van der Waals surface area contributed by atoms with E-state index in [-0.39, 0.29) is 0 Å². The topological polar surface area (TPSA) is 35.3 Å². The van der Waals surface area contributed by atoms with Gasteiger partial charge in [0.05, 0.1) is 0 Å². The summed E-state index contributed by atoms with van der Waals surface area (Å²) < 4.78 is 11.2. The molecule has 3 aromatic rings. The van der Waals surface area contributed by atoms with E-state index in [0.29, 0.717) is 12.5 Å². The molecule has 0 radical (unpaired) electrons. The Kier molecular flexibility index (Phi) is 2.73. The summed E-state index contributed by atoms with van der Waals surface area (Å²) in [6.45, 7) is 2.39. The molecule has 0 bridgehead atoms. The molecule has 0 unspecified atom stereocenters. The lowest BCUT2D eigenvalue weighted by atomic mass is 10.2. The van der Waals surface area contributed by atoms with Crippen molar-refractivity contribution in [2.45, 2.75) is 13.5 Å². The predicted octanol–water partition coefficient (Wildman–Crippen LogP) is 3.72. The second-order valence-electron chi connectivity index (χ2n) is 4.18. The maximum atomic E-state index is 5.62. The van der Waals surface area contributed by atoms with E-state index in [1.54, 1.807) is 0 Å². The Hall–Kier alpha value is -2.29. The van der Waals surface area contributed by atoms with Gasteiger partial charge in [-0.05, 0) is 31.2 Å². The van der Waals surface area contributed by atoms with Gasteiger partial charge < -0.3 is 9.15 Å². The highest BCUT2D eigenvalue weighted by Gasteiger charge is 2.05. The van der Waals surface area contributed by atoms with Crippen LogP contribution in [0, 0.1) is 6.92 Å². The Bertz CT molecular complexity index is 623. The minimum atomic E-state index is 0.345. The second-order valence-corrected chi connectivity index (χ2v) is 4.18. The van der Waals surface area contributed by atoms with Crippen LogP contribution in [0.5, 0.6) is 5.75 Å². The molecule has 0 saturated carbocycles. The molecule has 0 N–H and O–H groups in total. The molecule has 18 heavy (non-hydrogen) atoms. The third-order valence-electron chi connectivity index (χ3n) is 2.72. The minimum absolute atomic E-state index is 0.345. The number of oxazole rings is 1. The van der Waals surface area contributed by atoms with Crippen LogP contribution in [0.2, 0.25) is 0 Å². The second kappa shape index (κ2) is 4.53. The van der Waals surface area contributed by atoms with Crippen molar-refractivity contribution >= 4 is 11.1 Å². The van der Waals surface area contributed by atoms with E-state index >= 15 is 0 Å². The number of rotatable bonds is 3. The van der Waals surface area contributed by atoms with Crippen molar-refractivity contribution in [2.75, 3.05) is 0 Å². The minimum Gasteiger partial charge on any atom is -0.484 e. The zero-order valence-corrected chi connectivity index (χ0v) is 10.1. The number of nitrogens with zero attached hydrogens (tertiary/aromatic N) is 1. The van der Waals surface area contributed by atoms with Crippen LogP contribution in [0.15, 0.2) is 52.9 Å². The van der Waals surface area contributed by atoms with Crippen molar-refractivity contribution in [2.24, 2.45) is 0 Å². The van der Waals surface area contributed by atoms with Gasteiger partial charge in [-0.3, -0.25) is 0 Å². The molecule has 0 atom stereocenters. The van der Waals surface area contributed by atoms with Gasteiger partial charge >= 0.3 is 0 Å². The molecule has 1 heterocycles. The average molecular weight is 239 g/mol. The molecule has 3 nitrogen and oxygen atoms in total. The Morgan fingerprint density at radius 1 is 1.06 bits per heavy atom. The number of hydrogen-bond donors (Lipinski definition) is 0. The third-order valence-corrected chi connectivity index (χ3v) is 2.72. The van der Waals surface area contributed by atoms with Gasteiger partial charge in [0.15, 0.2) is 12.2 Å². The summed E-state index contributed by atoms with van der Waals surface area (Å²) in [4.78, 5) is 4.35. The highest BCUT2D eigenvalue weighted by Crippen LogP contribution is 2.17. The third kappa shape index (κ3) is 2.20. The predicted molar refractivity (Wildman–Crippen MR) is 69.5 cm³/mol. The maximum Gasteiger partial charge on any atom is 0.233 e. The highest BCUT2D eigenvalue weighted by molar-refractivity contribution is 5.72. The van der Waals surface area contributed by atoms with Gasteiger partial charge in [-0.25, -0.2) is 4.98 Å². The monoisotopic (exact) mass is 239 g/mol. The Labute approximate surface area is 105 Å². The fourth-order valence-electron chi connectivity index (χ4n) is 1.76. The molecule has 2 aromatic carbocycles. The molecule has 0 aliphatic carbocycles. The largest absolute Gasteiger partial charge is 0.484 e. The van der Waals surface area contributed by atoms with Crippen LogP contribution in [0.3, 0.4) is 0 Å². The van der Waals surface area contributed by atoms with Crippen LogP contribution in [-0.2, 0) is 6.61 Å². The van der Waals surface area contributed by atoms with Gasteiger partial charge in [0.2, 0.25) is 5.89 Å². The zero-order valence-electron chi connectivity index (χ0n) is 10.1. The Morgan fingerprint density at radius 3 is 2.61 bits per heavy atom. The van der Waals surface area contributed by atoms with Crippen LogP contribution in [-0.4, -0.2) is 4.98 Å². The summed E-state index contributed by atoms with van der Waals surface area (Å²) >= 11 is 0. The lowest BCUT2D eigenvalue weighted by molar-refractivity contribution is 0.267. The van der Waals surface area contributed by atoms with Crippen molar-refractivity contribution < 1.29 is 9.15 Å². The number of para-hydroxylation sites is 2. The first kappa shape index (κ1) is 10.8. The first-order valence-corrected chi connectivity index (χ1v) is 5.85. The molecule has 0 spiro atoms. The molecule has 3 rings (SSSR count). The normalized spacial score (nSPS) is 10.7. The van der Waals surface area contributed by atoms with Crippen LogP contribution in [0.1, 0.15) is 11.5 Å². The molecule has 0 saturated heterocycles. The molecule has 0 aliphatic rings. The van der Waals surface area contributed by atoms with Gasteiger partial charge in [0.1, 0.15) is 11.3 Å². The molecule has 1 aromatic heterocycles. The molecule has 0 fully saturated rings. The van der Waals surface area contributed by atoms with Crippen molar-refractivity contribution in [3.8, 4) is 5.75 Å². The quantitative estimate of drug-likeness (QED) is 0.698. The molecular weight excluding hydrogens is 226 g/mol. The van der Waals surface area contributed by atoms with E-state index in [0.717, 1.165) is 16.8 Å². The molecule has 0 amide bonds. The summed E-state index contributed by atoms with van der Waals surface area (Å²) in [5, 5.41) is 0. The smallest absolute Gasteiger partial charge is 0.233 e. The molecule has 90 valence electrons. The van der Waals surface area contributed by atoms with Crippen LogP contribution < -0.4 is 4.74 Å². The van der Waals surface area contributed by atoms with Gasteiger partial charge in [-0.1, -0.05) is 29.8 Å². The number of aryl methyl sites for hydroxylation is 1. The molecule has 0 aliphatic heterocycles. The lowest BCUT2D eigenvalue weighted by Crippen LogP contribution is -1.95. The summed E-state index contributed by atoms with van der Waals surface area (Å²) in [5.41, 5.74) is 2.87. The summed E-state index contributed by atoms with van der Waals surface area (Å²) in [6.07, 6.45) is 0. The SMILES string of the molecule is Cc1ccc(OCc2nc3ccccc3o2)cc1. The van der Waals surface area contributed by atoms with E-state index in [4.69, 9.17) is 9.15 Å². The number of ether oxygens (including phenoxy) is 1. The van der Waals surface area contributed by atoms with Gasteiger partial charge in [-0.15, -0.1) is 0 Å². The zero-order chi connectivity index (χ0) is 12.4. The maximum absolute atomic E-state index is 5.62. The van der Waals surface area contributed by atoms with Crippen LogP contribution >= 0.6 is 0 Å². The number of hydrogen-bond acceptors (Lipinski definition) is 3. The van der Waals surface area contributed by atoms with Gasteiger partial charge in [0, 0.05) is 0 Å². The fourth-order valence-corrected chi connectivity index (χ4v) is 1.76. The summed E-state index contributed by atoms with van der Waals surface area (Å²) in [7, 11) is 0. The highest BCUT2D eigenvalue weighted by atomic mass is 16.5. The summed E-state index contributed by atoms with van der Waals surface area (Å²) in [6, 6.07) is 15.6. The average Bonchev–Trinajstić information content (AvgIpc) is 2.81. The van der Waals surface area contributed by atoms with Gasteiger partial charge in [-0.2, -0.15) is 0 Å². The van der Waals surface area contributed by atoms with Crippen molar-refractivity contribution in [1.82, 2.24) is 4.98 Å². The van der Waals surface area contributed by atoms with Crippen LogP contribution in [0.25, 0.3) is 11.1 Å². The number of benzene rings is 2. The van der Waals surface area contributed by atoms with E-state index < -0.39 is 0 Å². The van der Waals surface area contributed by atoms with Crippen molar-refractivity contribution in [1.29, 1.82) is 0 Å². The summed E-state index contributed by atoms with van der Waals surface area (Å²) in [5.74, 6) is 1.42. The Balaban J connectivity index is 1.74. The lowest BCUT2D eigenvalue weighted by Gasteiger charge is -2.03. The Morgan fingerprint density at radius 2 is 1.83 bits per heavy atom. The van der Waals surface area contributed by atoms with E-state index in [1.807, 2.05) is 55.5 Å². The first-order valence-electron chi connectivity index (χ1n) is 5.85. The van der Waals surface area contributed by atoms with E-state index in [2.05, 4.69) is 4.98 Å². The first-order chi connectivity index (χ1) is 8.81.